The van der Waals surface area contributed by atoms with Crippen molar-refractivity contribution >= 4 is 29.0 Å². The van der Waals surface area contributed by atoms with E-state index >= 15 is 0 Å². The molecule has 0 saturated heterocycles. The molecule has 2 atom stereocenters. The Balaban J connectivity index is 2.35. The molecule has 0 spiro atoms. The molecule has 1 aliphatic rings. The van der Waals surface area contributed by atoms with Crippen LogP contribution in [0.4, 0.5) is 5.69 Å². The molecule has 1 heterocycles. The monoisotopic (exact) mass is 255 g/mol. The van der Waals surface area contributed by atoms with Crippen molar-refractivity contribution in [2.75, 3.05) is 11.2 Å². The number of aliphatic hydroxyl groups is 2. The average molecular weight is 256 g/mol. The third-order valence-corrected chi connectivity index (χ3v) is 2.92. The van der Waals surface area contributed by atoms with Gasteiger partial charge in [-0.05, 0) is 17.7 Å². The standard InChI is InChI=1S/C11H10ClNO4/c12-4-8(14)9(15)5-1-2-7-6(3-5)10(16)11(17)13-7/h1-3,8-9,14-15H,4H2,(H,13,16,17). The Labute approximate surface area is 102 Å². The second-order valence-electron chi connectivity index (χ2n) is 3.75. The van der Waals surface area contributed by atoms with Gasteiger partial charge in [-0.1, -0.05) is 6.07 Å². The normalized spacial score (nSPS) is 17.6. The maximum absolute atomic E-state index is 11.4. The first-order valence-electron chi connectivity index (χ1n) is 4.96. The lowest BCUT2D eigenvalue weighted by molar-refractivity contribution is -0.112. The average Bonchev–Trinajstić information content (AvgIpc) is 2.63. The summed E-state index contributed by atoms with van der Waals surface area (Å²) in [6.07, 6.45) is -2.30. The van der Waals surface area contributed by atoms with Crippen molar-refractivity contribution in [2.45, 2.75) is 12.2 Å². The van der Waals surface area contributed by atoms with E-state index in [9.17, 15) is 19.8 Å². The van der Waals surface area contributed by atoms with Crippen LogP contribution in [0, 0.1) is 0 Å². The minimum atomic E-state index is -1.18. The number of anilines is 1. The fourth-order valence-electron chi connectivity index (χ4n) is 1.65. The van der Waals surface area contributed by atoms with Gasteiger partial charge in [0, 0.05) is 0 Å². The van der Waals surface area contributed by atoms with Gasteiger partial charge in [-0.25, -0.2) is 0 Å². The van der Waals surface area contributed by atoms with Gasteiger partial charge >= 0.3 is 0 Å². The summed E-state index contributed by atoms with van der Waals surface area (Å²) in [6.45, 7) is 0. The van der Waals surface area contributed by atoms with Crippen molar-refractivity contribution in [2.24, 2.45) is 0 Å². The number of halogens is 1. The van der Waals surface area contributed by atoms with Crippen LogP contribution in [0.25, 0.3) is 0 Å². The molecule has 5 nitrogen and oxygen atoms in total. The lowest BCUT2D eigenvalue weighted by atomic mass is 10.0. The van der Waals surface area contributed by atoms with Crippen LogP contribution in [0.3, 0.4) is 0 Å². The van der Waals surface area contributed by atoms with Crippen molar-refractivity contribution in [3.63, 3.8) is 0 Å². The lowest BCUT2D eigenvalue weighted by Crippen LogP contribution is -2.19. The van der Waals surface area contributed by atoms with Crippen molar-refractivity contribution in [3.8, 4) is 0 Å². The van der Waals surface area contributed by atoms with E-state index in [1.807, 2.05) is 0 Å². The van der Waals surface area contributed by atoms with E-state index in [0.717, 1.165) is 0 Å². The number of amides is 1. The number of fused-ring (bicyclic) bond motifs is 1. The van der Waals surface area contributed by atoms with Gasteiger partial charge in [-0.2, -0.15) is 0 Å². The number of aliphatic hydroxyl groups excluding tert-OH is 2. The van der Waals surface area contributed by atoms with Gasteiger partial charge in [0.15, 0.2) is 0 Å². The molecule has 1 aromatic rings. The Hall–Kier alpha value is -1.43. The highest BCUT2D eigenvalue weighted by molar-refractivity contribution is 6.51. The molecule has 0 aromatic heterocycles. The second-order valence-corrected chi connectivity index (χ2v) is 4.06. The van der Waals surface area contributed by atoms with E-state index in [2.05, 4.69) is 5.32 Å². The maximum atomic E-state index is 11.4. The number of rotatable bonds is 3. The number of nitrogens with one attached hydrogen (secondary N) is 1. The molecule has 0 aliphatic carbocycles. The number of Topliss-reactive ketones (excluding diaryl/α,β-unsaturated/α-hetero) is 1. The van der Waals surface area contributed by atoms with E-state index in [4.69, 9.17) is 11.6 Å². The van der Waals surface area contributed by atoms with Crippen LogP contribution in [0.2, 0.25) is 0 Å². The summed E-state index contributed by atoms with van der Waals surface area (Å²) in [5.41, 5.74) is 0.964. The maximum Gasteiger partial charge on any atom is 0.296 e. The zero-order valence-electron chi connectivity index (χ0n) is 8.68. The Morgan fingerprint density at radius 1 is 1.29 bits per heavy atom. The number of carbonyl (C=O) groups is 2. The first kappa shape index (κ1) is 12.0. The van der Waals surface area contributed by atoms with E-state index < -0.39 is 23.9 Å². The van der Waals surface area contributed by atoms with Gasteiger partial charge in [0.1, 0.15) is 6.10 Å². The summed E-state index contributed by atoms with van der Waals surface area (Å²) in [5.74, 6) is -1.46. The first-order valence-corrected chi connectivity index (χ1v) is 5.49. The summed E-state index contributed by atoms with van der Waals surface area (Å²) in [5, 5.41) is 21.5. The largest absolute Gasteiger partial charge is 0.389 e. The molecule has 0 bridgehead atoms. The van der Waals surface area contributed by atoms with Crippen molar-refractivity contribution < 1.29 is 19.8 Å². The van der Waals surface area contributed by atoms with Gasteiger partial charge in [0.05, 0.1) is 23.2 Å². The second kappa shape index (κ2) is 4.44. The number of benzene rings is 1. The van der Waals surface area contributed by atoms with Crippen LogP contribution < -0.4 is 5.32 Å². The summed E-state index contributed by atoms with van der Waals surface area (Å²) in [6, 6.07) is 4.42. The van der Waals surface area contributed by atoms with Crippen LogP contribution in [-0.2, 0) is 4.79 Å². The van der Waals surface area contributed by atoms with E-state index in [0.29, 0.717) is 11.3 Å². The molecule has 3 N–H and O–H groups in total. The molecule has 6 heteroatoms. The molecule has 1 aliphatic heterocycles. The zero-order chi connectivity index (χ0) is 12.6. The summed E-state index contributed by atoms with van der Waals surface area (Å²) in [4.78, 5) is 22.5. The summed E-state index contributed by atoms with van der Waals surface area (Å²) < 4.78 is 0. The molecular formula is C11H10ClNO4. The Kier molecular flexibility index (Phi) is 3.15. The predicted octanol–water partition coefficient (Wildman–Crippen LogP) is 0.455. The molecule has 90 valence electrons. The number of hydrogen-bond donors (Lipinski definition) is 3. The Bertz CT molecular complexity index is 488. The minimum absolute atomic E-state index is 0.122. The minimum Gasteiger partial charge on any atom is -0.389 e. The highest BCUT2D eigenvalue weighted by atomic mass is 35.5. The number of carbonyl (C=O) groups excluding carboxylic acids is 2. The van der Waals surface area contributed by atoms with Crippen molar-refractivity contribution in [3.05, 3.63) is 29.3 Å². The molecule has 1 aromatic carbocycles. The molecule has 0 radical (unpaired) electrons. The first-order chi connectivity index (χ1) is 8.04. The fraction of sp³-hybridized carbons (Fsp3) is 0.273. The van der Waals surface area contributed by atoms with Crippen LogP contribution in [0.5, 0.6) is 0 Å². The SMILES string of the molecule is O=C1Nc2ccc(C(O)C(O)CCl)cc2C1=O. The van der Waals surface area contributed by atoms with Crippen LogP contribution in [-0.4, -0.2) is 33.9 Å². The third-order valence-electron chi connectivity index (χ3n) is 2.61. The van der Waals surface area contributed by atoms with Crippen molar-refractivity contribution in [1.82, 2.24) is 0 Å². The molecule has 0 saturated carbocycles. The Morgan fingerprint density at radius 2 is 2.00 bits per heavy atom. The van der Waals surface area contributed by atoms with Crippen molar-refractivity contribution in [1.29, 1.82) is 0 Å². The summed E-state index contributed by atoms with van der Waals surface area (Å²) in [7, 11) is 0. The molecular weight excluding hydrogens is 246 g/mol. The van der Waals surface area contributed by atoms with E-state index in [-0.39, 0.29) is 11.4 Å². The number of alkyl halides is 1. The van der Waals surface area contributed by atoms with Crippen LogP contribution >= 0.6 is 11.6 Å². The van der Waals surface area contributed by atoms with E-state index in [1.165, 1.54) is 18.2 Å². The number of ketones is 1. The molecule has 17 heavy (non-hydrogen) atoms. The fourth-order valence-corrected chi connectivity index (χ4v) is 1.82. The van der Waals surface area contributed by atoms with Gasteiger partial charge in [0.2, 0.25) is 0 Å². The topological polar surface area (TPSA) is 86.6 Å². The molecule has 0 fully saturated rings. The molecule has 2 rings (SSSR count). The quantitative estimate of drug-likeness (QED) is 0.541. The third kappa shape index (κ3) is 2.04. The lowest BCUT2D eigenvalue weighted by Gasteiger charge is -2.16. The zero-order valence-corrected chi connectivity index (χ0v) is 9.44. The molecule has 1 amide bonds. The summed E-state index contributed by atoms with van der Waals surface area (Å²) >= 11 is 5.42. The molecule has 2 unspecified atom stereocenters. The van der Waals surface area contributed by atoms with Gasteiger partial charge in [-0.15, -0.1) is 11.6 Å². The number of hydrogen-bond acceptors (Lipinski definition) is 4. The van der Waals surface area contributed by atoms with Gasteiger partial charge in [0.25, 0.3) is 11.7 Å². The smallest absolute Gasteiger partial charge is 0.296 e. The predicted molar refractivity (Wildman–Crippen MR) is 61.1 cm³/mol. The van der Waals surface area contributed by atoms with Crippen LogP contribution in [0.1, 0.15) is 22.0 Å². The van der Waals surface area contributed by atoms with E-state index in [1.54, 1.807) is 0 Å². The Morgan fingerprint density at radius 3 is 2.65 bits per heavy atom. The highest BCUT2D eigenvalue weighted by Gasteiger charge is 2.29. The van der Waals surface area contributed by atoms with Gasteiger partial charge in [-0.3, -0.25) is 9.59 Å². The van der Waals surface area contributed by atoms with Crippen LogP contribution in [0.15, 0.2) is 18.2 Å². The van der Waals surface area contributed by atoms with Gasteiger partial charge < -0.3 is 15.5 Å². The highest BCUT2D eigenvalue weighted by Crippen LogP contribution is 2.27.